The van der Waals surface area contributed by atoms with Gasteiger partial charge in [0, 0.05) is 6.42 Å². The van der Waals surface area contributed by atoms with Crippen molar-refractivity contribution in [3.8, 4) is 0 Å². The van der Waals surface area contributed by atoms with Gasteiger partial charge in [0.2, 0.25) is 5.91 Å². The number of allylic oxidation sites excluding steroid dienone is 15. The van der Waals surface area contributed by atoms with Gasteiger partial charge in [0.1, 0.15) is 24.4 Å². The van der Waals surface area contributed by atoms with Gasteiger partial charge in [-0.05, 0) is 103 Å². The van der Waals surface area contributed by atoms with Crippen molar-refractivity contribution in [3.05, 3.63) is 97.2 Å². The molecule has 1 fully saturated rings. The van der Waals surface area contributed by atoms with Gasteiger partial charge in [-0.3, -0.25) is 9.59 Å². The molecule has 8 unspecified atom stereocenters. The predicted molar refractivity (Wildman–Crippen MR) is 365 cm³/mol. The maximum atomic E-state index is 13.4. The maximum Gasteiger partial charge on any atom is 0.306 e. The second-order valence-electron chi connectivity index (χ2n) is 24.6. The van der Waals surface area contributed by atoms with Gasteiger partial charge in [-0.15, -0.1) is 0 Å². The van der Waals surface area contributed by atoms with Gasteiger partial charge in [0.25, 0.3) is 0 Å². The minimum Gasteiger partial charge on any atom is -0.454 e. The van der Waals surface area contributed by atoms with Crippen LogP contribution in [0.2, 0.25) is 0 Å². The topological polar surface area (TPSA) is 175 Å². The fourth-order valence-corrected chi connectivity index (χ4v) is 10.8. The zero-order valence-corrected chi connectivity index (χ0v) is 55.9. The number of hydrogen-bond donors (Lipinski definition) is 6. The van der Waals surface area contributed by atoms with Crippen molar-refractivity contribution in [2.24, 2.45) is 0 Å². The Hall–Kier alpha value is -3.42. The highest BCUT2D eigenvalue weighted by Crippen LogP contribution is 2.26. The van der Waals surface area contributed by atoms with Crippen molar-refractivity contribution in [1.29, 1.82) is 0 Å². The van der Waals surface area contributed by atoms with Gasteiger partial charge < -0.3 is 45.1 Å². The lowest BCUT2D eigenvalue weighted by atomic mass is 9.99. The summed E-state index contributed by atoms with van der Waals surface area (Å²) in [6, 6.07) is -1.05. The number of unbranched alkanes of at least 4 members (excludes halogenated alkanes) is 33. The highest BCUT2D eigenvalue weighted by Gasteiger charge is 2.47. The number of amides is 1. The lowest BCUT2D eigenvalue weighted by Gasteiger charge is -2.41. The Bertz CT molecular complexity index is 1790. The molecule has 502 valence electrons. The number of rotatable bonds is 61. The molecule has 6 N–H and O–H groups in total. The number of ether oxygens (including phenoxy) is 3. The molecule has 1 aliphatic rings. The molecule has 0 spiro atoms. The summed E-state index contributed by atoms with van der Waals surface area (Å²) in [4.78, 5) is 26.7. The minimum atomic E-state index is -1.63. The number of aliphatic hydroxyl groups is 5. The van der Waals surface area contributed by atoms with Crippen LogP contribution in [0.4, 0.5) is 0 Å². The van der Waals surface area contributed by atoms with Gasteiger partial charge in [0.05, 0.1) is 25.4 Å². The van der Waals surface area contributed by atoms with Crippen molar-refractivity contribution < 1.29 is 49.3 Å². The van der Waals surface area contributed by atoms with Crippen LogP contribution in [0.15, 0.2) is 97.2 Å². The average molecular weight is 1220 g/mol. The Kier molecular flexibility index (Phi) is 58.9. The molecule has 0 aromatic heterocycles. The third-order valence-electron chi connectivity index (χ3n) is 16.5. The van der Waals surface area contributed by atoms with E-state index in [-0.39, 0.29) is 19.4 Å². The van der Waals surface area contributed by atoms with Gasteiger partial charge in [0.15, 0.2) is 12.4 Å². The van der Waals surface area contributed by atoms with Gasteiger partial charge in [-0.2, -0.15) is 0 Å². The molecule has 1 saturated heterocycles. The molecule has 11 heteroatoms. The Morgan fingerprint density at radius 3 is 1.25 bits per heavy atom. The van der Waals surface area contributed by atoms with E-state index in [0.29, 0.717) is 19.3 Å². The van der Waals surface area contributed by atoms with Crippen LogP contribution in [0.3, 0.4) is 0 Å². The fraction of sp³-hybridized carbons (Fsp3) is 0.763. The second-order valence-corrected chi connectivity index (χ2v) is 24.6. The number of nitrogens with one attached hydrogen (secondary N) is 1. The molecule has 0 saturated carbocycles. The average Bonchev–Trinajstić information content (AvgIpc) is 1.56. The minimum absolute atomic E-state index is 0.117. The molecular weight excluding hydrogens is 1090 g/mol. The van der Waals surface area contributed by atoms with Crippen molar-refractivity contribution in [1.82, 2.24) is 5.32 Å². The number of carbonyl (C=O) groups is 2. The zero-order valence-electron chi connectivity index (χ0n) is 55.9. The third kappa shape index (κ3) is 50.0. The van der Waals surface area contributed by atoms with E-state index in [9.17, 15) is 35.1 Å². The summed E-state index contributed by atoms with van der Waals surface area (Å²) < 4.78 is 17.7. The lowest BCUT2D eigenvalue weighted by molar-refractivity contribution is -0.305. The quantitative estimate of drug-likeness (QED) is 0.0195. The number of hydrogen-bond acceptors (Lipinski definition) is 10. The smallest absolute Gasteiger partial charge is 0.306 e. The summed E-state index contributed by atoms with van der Waals surface area (Å²) >= 11 is 0. The first-order valence-electron chi connectivity index (χ1n) is 36.0. The van der Waals surface area contributed by atoms with Crippen LogP contribution in [0, 0.1) is 0 Å². The number of esters is 1. The highest BCUT2D eigenvalue weighted by atomic mass is 16.7. The first-order valence-corrected chi connectivity index (χ1v) is 36.0. The first-order chi connectivity index (χ1) is 42.7. The molecule has 1 rings (SSSR count). The molecule has 0 radical (unpaired) electrons. The Labute approximate surface area is 533 Å². The van der Waals surface area contributed by atoms with Crippen LogP contribution in [-0.2, 0) is 23.8 Å². The van der Waals surface area contributed by atoms with Crippen LogP contribution in [0.5, 0.6) is 0 Å². The summed E-state index contributed by atoms with van der Waals surface area (Å²) in [6.07, 6.45) is 74.7. The van der Waals surface area contributed by atoms with Crippen LogP contribution in [-0.4, -0.2) is 99.6 Å². The first kappa shape index (κ1) is 81.6. The summed E-state index contributed by atoms with van der Waals surface area (Å²) in [7, 11) is 0. The van der Waals surface area contributed by atoms with E-state index in [1.165, 1.54) is 173 Å². The lowest BCUT2D eigenvalue weighted by Crippen LogP contribution is -2.61. The van der Waals surface area contributed by atoms with Gasteiger partial charge >= 0.3 is 5.97 Å². The van der Waals surface area contributed by atoms with E-state index in [2.05, 4.69) is 105 Å². The predicted octanol–water partition coefficient (Wildman–Crippen LogP) is 18.6. The number of aliphatic hydroxyl groups excluding tert-OH is 5. The normalized spacial score (nSPS) is 18.8. The maximum absolute atomic E-state index is 13.4. The summed E-state index contributed by atoms with van der Waals surface area (Å²) in [6.45, 7) is 5.66. The zero-order chi connectivity index (χ0) is 63.1. The summed E-state index contributed by atoms with van der Waals surface area (Å²) in [5.41, 5.74) is 0. The Morgan fingerprint density at radius 1 is 0.460 bits per heavy atom. The van der Waals surface area contributed by atoms with Crippen molar-refractivity contribution in [2.45, 2.75) is 359 Å². The molecule has 0 aromatic rings. The monoisotopic (exact) mass is 1220 g/mol. The molecular formula is C76H133NO10. The summed E-state index contributed by atoms with van der Waals surface area (Å²) in [5.74, 6) is -1.24. The van der Waals surface area contributed by atoms with E-state index in [1.54, 1.807) is 6.08 Å². The molecule has 87 heavy (non-hydrogen) atoms. The highest BCUT2D eigenvalue weighted by molar-refractivity contribution is 5.80. The van der Waals surface area contributed by atoms with Crippen LogP contribution in [0.1, 0.15) is 310 Å². The van der Waals surface area contributed by atoms with Crippen molar-refractivity contribution >= 4 is 11.9 Å². The SMILES string of the molecule is CC/C=C\C/C=C\C/C=C\C/C=C\C/C=C\C/C=C\CCCC(O)C(=O)NC(COC1OC(CO)C(O)C(O)C1OC(=O)CCCCCCCCCCCCCCCCCCC/C=C/CCCCCCCC)C(O)/C=C/CCCCCCCCCCC. The molecule has 0 aliphatic carbocycles. The molecule has 0 bridgehead atoms. The molecule has 1 aliphatic heterocycles. The fourth-order valence-electron chi connectivity index (χ4n) is 10.8. The molecule has 1 heterocycles. The second kappa shape index (κ2) is 62.8. The van der Waals surface area contributed by atoms with Crippen LogP contribution in [0.25, 0.3) is 0 Å². The van der Waals surface area contributed by atoms with E-state index in [1.807, 2.05) is 12.2 Å². The van der Waals surface area contributed by atoms with E-state index in [4.69, 9.17) is 14.2 Å². The largest absolute Gasteiger partial charge is 0.454 e. The van der Waals surface area contributed by atoms with Crippen LogP contribution >= 0.6 is 0 Å². The Morgan fingerprint density at radius 2 is 0.828 bits per heavy atom. The Balaban J connectivity index is 2.55. The number of carbonyl (C=O) groups excluding carboxylic acids is 2. The van der Waals surface area contributed by atoms with E-state index >= 15 is 0 Å². The van der Waals surface area contributed by atoms with Gasteiger partial charge in [-0.25, -0.2) is 0 Å². The van der Waals surface area contributed by atoms with E-state index < -0.39 is 67.4 Å². The molecule has 11 nitrogen and oxygen atoms in total. The third-order valence-corrected chi connectivity index (χ3v) is 16.5. The molecule has 1 amide bonds. The van der Waals surface area contributed by atoms with E-state index in [0.717, 1.165) is 83.5 Å². The van der Waals surface area contributed by atoms with Crippen LogP contribution < -0.4 is 5.32 Å². The molecule has 0 aromatic carbocycles. The van der Waals surface area contributed by atoms with Gasteiger partial charge in [-0.1, -0.05) is 298 Å². The summed E-state index contributed by atoms with van der Waals surface area (Å²) in [5, 5.41) is 57.1. The molecule has 8 atom stereocenters. The van der Waals surface area contributed by atoms with Crippen molar-refractivity contribution in [2.75, 3.05) is 13.2 Å². The van der Waals surface area contributed by atoms with Crippen molar-refractivity contribution in [3.63, 3.8) is 0 Å². The standard InChI is InChI=1S/C76H133NO10/c1-4-7-10-13-16-19-22-24-26-28-30-32-33-34-35-36-37-38-40-42-44-46-49-52-55-58-61-64-71(81)87-74-73(83)72(82)70(65-78)86-76(74)85-66-67(68(79)62-59-56-53-50-47-21-18-15-12-9-6-3)77-75(84)69(80)63-60-57-54-51-48-45-43-41-39-31-29-27-25-23-20-17-14-11-8-5-2/h8,11,17,20,24-27,31,39,43,45,51,54,59,62,67-70,72-74,76,78-80,82-83H,4-7,9-10,12-16,18-19,21-23,28-30,32-38,40-42,44,46-50,52-53,55-58,60-61,63-66H2,1-3H3,(H,77,84)/b11-8-,20-17-,26-24+,27-25-,39-31-,45-43-,54-51-,62-59+.